The van der Waals surface area contributed by atoms with Crippen molar-refractivity contribution in [3.8, 4) is 11.8 Å². The third-order valence-electron chi connectivity index (χ3n) is 1.63. The molecule has 1 amide bonds. The number of nitrogen functional groups attached to an aromatic ring is 1. The maximum atomic E-state index is 11.2. The number of hydrazine groups is 1. The summed E-state index contributed by atoms with van der Waals surface area (Å²) in [4.78, 5) is 15.0. The smallest absolute Gasteiger partial charge is 0.266 e. The molecule has 0 fully saturated rings. The summed E-state index contributed by atoms with van der Waals surface area (Å²) in [5.41, 5.74) is 8.38. The Labute approximate surface area is 87.8 Å². The van der Waals surface area contributed by atoms with E-state index in [2.05, 4.69) is 16.8 Å². The van der Waals surface area contributed by atoms with E-state index in [1.54, 1.807) is 12.3 Å². The van der Waals surface area contributed by atoms with Crippen LogP contribution in [0.25, 0.3) is 0 Å². The molecule has 0 radical (unpaired) electrons. The Morgan fingerprint density at radius 1 is 1.53 bits per heavy atom. The van der Waals surface area contributed by atoms with Crippen molar-refractivity contribution >= 4 is 5.91 Å². The van der Waals surface area contributed by atoms with Crippen LogP contribution in [-0.4, -0.2) is 17.4 Å². The van der Waals surface area contributed by atoms with Gasteiger partial charge in [-0.05, 0) is 6.07 Å². The lowest BCUT2D eigenvalue weighted by atomic mass is 10.2. The van der Waals surface area contributed by atoms with Crippen LogP contribution in [0.15, 0.2) is 18.5 Å². The predicted molar refractivity (Wildman–Crippen MR) is 56.4 cm³/mol. The molecular formula is C10H12N4O. The van der Waals surface area contributed by atoms with Gasteiger partial charge in [0.15, 0.2) is 0 Å². The maximum absolute atomic E-state index is 11.2. The largest absolute Gasteiger partial charge is 0.330 e. The van der Waals surface area contributed by atoms with Crippen molar-refractivity contribution in [2.24, 2.45) is 11.6 Å². The van der Waals surface area contributed by atoms with Crippen LogP contribution in [0.2, 0.25) is 0 Å². The van der Waals surface area contributed by atoms with Gasteiger partial charge in [-0.1, -0.05) is 11.8 Å². The van der Waals surface area contributed by atoms with E-state index in [9.17, 15) is 4.79 Å². The second-order valence-corrected chi connectivity index (χ2v) is 2.78. The van der Waals surface area contributed by atoms with Gasteiger partial charge >= 0.3 is 0 Å². The molecule has 0 bridgehead atoms. The SMILES string of the molecule is NCCC#Cc1cncc(C(=O)NN)c1. The van der Waals surface area contributed by atoms with Crippen molar-refractivity contribution in [2.45, 2.75) is 6.42 Å². The Bertz CT molecular complexity index is 405. The van der Waals surface area contributed by atoms with Gasteiger partial charge in [-0.15, -0.1) is 0 Å². The number of nitrogens with one attached hydrogen (secondary N) is 1. The molecule has 1 aromatic heterocycles. The van der Waals surface area contributed by atoms with Gasteiger partial charge in [-0.2, -0.15) is 0 Å². The van der Waals surface area contributed by atoms with Crippen LogP contribution in [0.1, 0.15) is 22.3 Å². The van der Waals surface area contributed by atoms with Crippen LogP contribution in [0.3, 0.4) is 0 Å². The highest BCUT2D eigenvalue weighted by Gasteiger charge is 2.03. The minimum absolute atomic E-state index is 0.384. The molecule has 0 atom stereocenters. The fourth-order valence-corrected chi connectivity index (χ4v) is 0.953. The standard InChI is InChI=1S/C10H12N4O/c11-4-2-1-3-8-5-9(7-13-6-8)10(15)14-12/h5-7H,2,4,11-12H2,(H,14,15). The van der Waals surface area contributed by atoms with Gasteiger partial charge in [-0.25, -0.2) is 5.84 Å². The van der Waals surface area contributed by atoms with E-state index in [4.69, 9.17) is 11.6 Å². The number of hydrogen-bond acceptors (Lipinski definition) is 4. The maximum Gasteiger partial charge on any atom is 0.266 e. The van der Waals surface area contributed by atoms with Gasteiger partial charge < -0.3 is 5.73 Å². The molecule has 0 saturated carbocycles. The molecule has 5 nitrogen and oxygen atoms in total. The summed E-state index contributed by atoms with van der Waals surface area (Å²) in [6, 6.07) is 1.62. The number of carbonyl (C=O) groups is 1. The molecule has 1 aromatic rings. The van der Waals surface area contributed by atoms with Crippen LogP contribution in [0.4, 0.5) is 0 Å². The van der Waals surface area contributed by atoms with Crippen molar-refractivity contribution in [3.05, 3.63) is 29.6 Å². The Hall–Kier alpha value is -1.90. The second kappa shape index (κ2) is 5.75. The van der Waals surface area contributed by atoms with Gasteiger partial charge in [-0.3, -0.25) is 15.2 Å². The Morgan fingerprint density at radius 3 is 3.00 bits per heavy atom. The third kappa shape index (κ3) is 3.38. The molecule has 0 saturated heterocycles. The molecule has 1 heterocycles. The number of nitrogens with zero attached hydrogens (tertiary/aromatic N) is 1. The highest BCUT2D eigenvalue weighted by molar-refractivity contribution is 5.93. The molecule has 0 aliphatic rings. The lowest BCUT2D eigenvalue weighted by Crippen LogP contribution is -2.30. The normalized spacial score (nSPS) is 8.93. The van der Waals surface area contributed by atoms with Crippen molar-refractivity contribution in [1.82, 2.24) is 10.4 Å². The minimum atomic E-state index is -0.384. The Kier molecular flexibility index (Phi) is 4.29. The molecule has 0 aliphatic heterocycles. The first-order chi connectivity index (χ1) is 7.27. The summed E-state index contributed by atoms with van der Waals surface area (Å²) in [7, 11) is 0. The molecule has 5 heteroatoms. The number of aromatic nitrogens is 1. The summed E-state index contributed by atoms with van der Waals surface area (Å²) in [6.07, 6.45) is 3.63. The summed E-state index contributed by atoms with van der Waals surface area (Å²) < 4.78 is 0. The molecule has 1 rings (SSSR count). The number of rotatable bonds is 2. The van der Waals surface area contributed by atoms with E-state index < -0.39 is 0 Å². The molecule has 0 spiro atoms. The van der Waals surface area contributed by atoms with Crippen LogP contribution >= 0.6 is 0 Å². The number of amides is 1. The first kappa shape index (κ1) is 11.2. The van der Waals surface area contributed by atoms with Crippen molar-refractivity contribution < 1.29 is 4.79 Å². The van der Waals surface area contributed by atoms with Crippen LogP contribution in [-0.2, 0) is 0 Å². The highest BCUT2D eigenvalue weighted by atomic mass is 16.2. The number of carbonyl (C=O) groups excluding carboxylic acids is 1. The first-order valence-electron chi connectivity index (χ1n) is 4.43. The zero-order valence-electron chi connectivity index (χ0n) is 8.16. The van der Waals surface area contributed by atoms with Crippen LogP contribution in [0, 0.1) is 11.8 Å². The zero-order valence-corrected chi connectivity index (χ0v) is 8.16. The van der Waals surface area contributed by atoms with Gasteiger partial charge in [0.1, 0.15) is 0 Å². The first-order valence-corrected chi connectivity index (χ1v) is 4.43. The van der Waals surface area contributed by atoms with E-state index in [0.717, 1.165) is 0 Å². The third-order valence-corrected chi connectivity index (χ3v) is 1.63. The molecule has 78 valence electrons. The molecular weight excluding hydrogens is 192 g/mol. The monoisotopic (exact) mass is 204 g/mol. The van der Waals surface area contributed by atoms with Gasteiger partial charge in [0, 0.05) is 30.9 Å². The zero-order chi connectivity index (χ0) is 11.1. The van der Waals surface area contributed by atoms with Gasteiger partial charge in [0.2, 0.25) is 0 Å². The summed E-state index contributed by atoms with van der Waals surface area (Å²) in [5, 5.41) is 0. The van der Waals surface area contributed by atoms with E-state index in [-0.39, 0.29) is 5.91 Å². The molecule has 5 N–H and O–H groups in total. The topological polar surface area (TPSA) is 94.0 Å². The summed E-state index contributed by atoms with van der Waals surface area (Å²) in [5.74, 6) is 10.3. The number of nitrogens with two attached hydrogens (primary N) is 2. The summed E-state index contributed by atoms with van der Waals surface area (Å²) >= 11 is 0. The fraction of sp³-hybridized carbons (Fsp3) is 0.200. The lowest BCUT2D eigenvalue weighted by molar-refractivity contribution is 0.0953. The van der Waals surface area contributed by atoms with E-state index in [1.807, 2.05) is 5.43 Å². The van der Waals surface area contributed by atoms with Crippen LogP contribution < -0.4 is 17.0 Å². The molecule has 0 aliphatic carbocycles. The molecule has 0 aromatic carbocycles. The summed E-state index contributed by atoms with van der Waals surface area (Å²) in [6.45, 7) is 0.517. The Morgan fingerprint density at radius 2 is 2.33 bits per heavy atom. The molecule has 15 heavy (non-hydrogen) atoms. The number of pyridine rings is 1. The highest BCUT2D eigenvalue weighted by Crippen LogP contribution is 2.00. The van der Waals surface area contributed by atoms with Gasteiger partial charge in [0.25, 0.3) is 5.91 Å². The van der Waals surface area contributed by atoms with Crippen LogP contribution in [0.5, 0.6) is 0 Å². The van der Waals surface area contributed by atoms with Crippen molar-refractivity contribution in [1.29, 1.82) is 0 Å². The van der Waals surface area contributed by atoms with Gasteiger partial charge in [0.05, 0.1) is 5.56 Å². The van der Waals surface area contributed by atoms with E-state index >= 15 is 0 Å². The molecule has 0 unspecified atom stereocenters. The number of hydrogen-bond donors (Lipinski definition) is 3. The predicted octanol–water partition coefficient (Wildman–Crippen LogP) is -0.615. The fourth-order valence-electron chi connectivity index (χ4n) is 0.953. The van der Waals surface area contributed by atoms with E-state index in [1.165, 1.54) is 6.20 Å². The average Bonchev–Trinajstić information content (AvgIpc) is 2.29. The average molecular weight is 204 g/mol. The quantitative estimate of drug-likeness (QED) is 0.259. The van der Waals surface area contributed by atoms with E-state index in [0.29, 0.717) is 24.1 Å². The van der Waals surface area contributed by atoms with Crippen molar-refractivity contribution in [3.63, 3.8) is 0 Å². The minimum Gasteiger partial charge on any atom is -0.330 e. The Balaban J connectivity index is 2.84. The lowest BCUT2D eigenvalue weighted by Gasteiger charge is -1.98. The second-order valence-electron chi connectivity index (χ2n) is 2.78. The van der Waals surface area contributed by atoms with Crippen molar-refractivity contribution in [2.75, 3.05) is 6.54 Å².